The van der Waals surface area contributed by atoms with E-state index in [0.717, 1.165) is 16.4 Å². The molecule has 1 aliphatic rings. The van der Waals surface area contributed by atoms with E-state index < -0.39 is 54.0 Å². The quantitative estimate of drug-likeness (QED) is 0.303. The van der Waals surface area contributed by atoms with Crippen LogP contribution < -0.4 is 10.6 Å². The molecule has 244 valence electrons. The van der Waals surface area contributed by atoms with Crippen LogP contribution >= 0.6 is 0 Å². The third kappa shape index (κ3) is 6.04. The molecule has 0 aliphatic carbocycles. The van der Waals surface area contributed by atoms with E-state index in [2.05, 4.69) is 10.2 Å². The molecule has 1 atom stereocenters. The van der Waals surface area contributed by atoms with Crippen LogP contribution in [0, 0.1) is 0 Å². The molecule has 1 aliphatic heterocycles. The average Bonchev–Trinajstić information content (AvgIpc) is 3.48. The monoisotopic (exact) mass is 677 g/mol. The Morgan fingerprint density at radius 2 is 1.52 bits per heavy atom. The molecule has 0 unspecified atom stereocenters. The summed E-state index contributed by atoms with van der Waals surface area (Å²) >= 11 is 0. The van der Waals surface area contributed by atoms with E-state index >= 15 is 0 Å². The fraction of sp³-hybridized carbons (Fsp3) is 0.300. The van der Waals surface area contributed by atoms with Crippen molar-refractivity contribution in [2.24, 2.45) is 5.73 Å². The minimum Gasteiger partial charge on any atom is -0.419 e. The maximum Gasteiger partial charge on any atom is 0.416 e. The van der Waals surface area contributed by atoms with Crippen LogP contribution in [0.2, 0.25) is 0 Å². The van der Waals surface area contributed by atoms with Crippen LogP contribution in [0.15, 0.2) is 76.0 Å². The highest BCUT2D eigenvalue weighted by Crippen LogP contribution is 2.37. The van der Waals surface area contributed by atoms with Crippen LogP contribution in [0.4, 0.5) is 18.9 Å². The number of nitrogens with zero attached hydrogens (tertiary/aromatic N) is 4. The van der Waals surface area contributed by atoms with Crippen molar-refractivity contribution in [3.05, 3.63) is 83.7 Å². The van der Waals surface area contributed by atoms with Gasteiger partial charge in [0.25, 0.3) is 0 Å². The molecule has 5 rings (SSSR count). The van der Waals surface area contributed by atoms with Crippen LogP contribution in [-0.4, -0.2) is 63.1 Å². The number of rotatable bonds is 7. The van der Waals surface area contributed by atoms with Crippen molar-refractivity contribution in [1.82, 2.24) is 14.5 Å². The lowest BCUT2D eigenvalue weighted by molar-refractivity contribution is -0.137. The summed E-state index contributed by atoms with van der Waals surface area (Å²) in [6, 6.07) is 14.2. The summed E-state index contributed by atoms with van der Waals surface area (Å²) in [6.45, 7) is 2.73. The molecule has 1 amide bonds. The van der Waals surface area contributed by atoms with Crippen LogP contribution in [0.3, 0.4) is 0 Å². The molecule has 0 radical (unpaired) electrons. The van der Waals surface area contributed by atoms with Gasteiger partial charge in [0.2, 0.25) is 27.7 Å². The third-order valence-corrected chi connectivity index (χ3v) is 12.0. The van der Waals surface area contributed by atoms with Gasteiger partial charge >= 0.3 is 6.18 Å². The summed E-state index contributed by atoms with van der Waals surface area (Å²) in [5, 5.41) is 7.93. The van der Waals surface area contributed by atoms with E-state index in [4.69, 9.17) is 10.2 Å². The first-order chi connectivity index (χ1) is 21.3. The van der Waals surface area contributed by atoms with E-state index in [1.165, 1.54) is 63.2 Å². The van der Waals surface area contributed by atoms with Crippen molar-refractivity contribution in [3.63, 3.8) is 0 Å². The summed E-state index contributed by atoms with van der Waals surface area (Å²) in [6.07, 6.45) is -4.46. The van der Waals surface area contributed by atoms with Gasteiger partial charge in [0.15, 0.2) is 14.6 Å². The smallest absolute Gasteiger partial charge is 0.416 e. The van der Waals surface area contributed by atoms with Crippen molar-refractivity contribution in [3.8, 4) is 22.6 Å². The number of carbonyl (C=O) groups excluding carboxylic acids is 1. The highest BCUT2D eigenvalue weighted by Gasteiger charge is 2.43. The van der Waals surface area contributed by atoms with Crippen LogP contribution in [0.25, 0.3) is 22.6 Å². The number of carbonyl (C=O) groups is 1. The molecule has 2 heterocycles. The van der Waals surface area contributed by atoms with Gasteiger partial charge in [-0.2, -0.15) is 13.2 Å². The molecular formula is C30H30F3N5O6S2. The zero-order valence-corrected chi connectivity index (χ0v) is 26.7. The molecule has 2 N–H and O–H groups in total. The van der Waals surface area contributed by atoms with Gasteiger partial charge in [-0.15, -0.1) is 10.2 Å². The van der Waals surface area contributed by atoms with Crippen molar-refractivity contribution >= 4 is 31.5 Å². The predicted molar refractivity (Wildman–Crippen MR) is 163 cm³/mol. The second kappa shape index (κ2) is 11.6. The number of aromatic nitrogens is 2. The number of alkyl halides is 3. The first-order valence-corrected chi connectivity index (χ1v) is 16.9. The number of benzene rings is 3. The van der Waals surface area contributed by atoms with E-state index in [9.17, 15) is 34.8 Å². The van der Waals surface area contributed by atoms with Gasteiger partial charge in [0.1, 0.15) is 0 Å². The third-order valence-electron chi connectivity index (χ3n) is 7.72. The molecule has 0 bridgehead atoms. The number of nitrogens with two attached hydrogens (primary N) is 1. The lowest BCUT2D eigenvalue weighted by Gasteiger charge is -2.25. The molecule has 11 nitrogen and oxygen atoms in total. The summed E-state index contributed by atoms with van der Waals surface area (Å²) in [7, 11) is -5.13. The van der Waals surface area contributed by atoms with E-state index in [-0.39, 0.29) is 34.5 Å². The van der Waals surface area contributed by atoms with Crippen LogP contribution in [-0.2, 0) is 42.1 Å². The van der Waals surface area contributed by atoms with E-state index in [1.807, 2.05) is 0 Å². The summed E-state index contributed by atoms with van der Waals surface area (Å²) in [5.74, 6) is -1.57. The van der Waals surface area contributed by atoms with Gasteiger partial charge in [0, 0.05) is 19.7 Å². The predicted octanol–water partition coefficient (Wildman–Crippen LogP) is 4.20. The Morgan fingerprint density at radius 1 is 0.957 bits per heavy atom. The van der Waals surface area contributed by atoms with Gasteiger partial charge in [0.05, 0.1) is 34.5 Å². The van der Waals surface area contributed by atoms with Crippen LogP contribution in [0.5, 0.6) is 0 Å². The summed E-state index contributed by atoms with van der Waals surface area (Å²) in [4.78, 5) is 14.6. The summed E-state index contributed by atoms with van der Waals surface area (Å²) in [5.41, 5.74) is 7.28. The lowest BCUT2D eigenvalue weighted by Crippen LogP contribution is -2.45. The standard InChI is InChI=1S/C30H30F3N5O6S2/c1-29(2,46(42,43)37(3)4)28-36-35-26(44-28)21-11-14-25-24(15-21)38(27(39)23(34)17-45(25,40)41)16-18-5-7-19(8-6-18)20-9-12-22(13-10-20)30(31,32)33/h5-15,23H,16-17,34H2,1-4H3/t23-/m0/s1. The molecule has 4 aromatic rings. The number of halogens is 3. The number of fused-ring (bicyclic) bond motifs is 1. The summed E-state index contributed by atoms with van der Waals surface area (Å²) < 4.78 is 96.3. The number of sulfonamides is 1. The molecule has 0 saturated carbocycles. The Kier molecular flexibility index (Phi) is 8.38. The molecule has 0 saturated heterocycles. The van der Waals surface area contributed by atoms with Gasteiger partial charge in [-0.1, -0.05) is 36.4 Å². The minimum atomic E-state index is -4.46. The number of hydrogen-bond acceptors (Lipinski definition) is 9. The lowest BCUT2D eigenvalue weighted by atomic mass is 10.0. The topological polar surface area (TPSA) is 157 Å². The molecule has 16 heteroatoms. The molecule has 3 aromatic carbocycles. The molecule has 0 fully saturated rings. The number of hydrogen-bond donors (Lipinski definition) is 1. The Bertz CT molecular complexity index is 2010. The average molecular weight is 678 g/mol. The molecule has 46 heavy (non-hydrogen) atoms. The number of anilines is 1. The Hall–Kier alpha value is -4.12. The van der Waals surface area contributed by atoms with Gasteiger partial charge in [-0.25, -0.2) is 21.1 Å². The Morgan fingerprint density at radius 3 is 2.09 bits per heavy atom. The highest BCUT2D eigenvalue weighted by molar-refractivity contribution is 7.91. The van der Waals surface area contributed by atoms with Crippen molar-refractivity contribution < 1.29 is 39.2 Å². The zero-order valence-electron chi connectivity index (χ0n) is 25.1. The minimum absolute atomic E-state index is 0.0159. The highest BCUT2D eigenvalue weighted by atomic mass is 32.2. The van der Waals surface area contributed by atoms with Crippen LogP contribution in [0.1, 0.15) is 30.9 Å². The Balaban J connectivity index is 1.51. The van der Waals surface area contributed by atoms with Crippen molar-refractivity contribution in [2.45, 2.75) is 42.3 Å². The van der Waals surface area contributed by atoms with Crippen molar-refractivity contribution in [1.29, 1.82) is 0 Å². The zero-order chi connectivity index (χ0) is 33.8. The molecule has 0 spiro atoms. The van der Waals surface area contributed by atoms with Gasteiger partial charge in [-0.3, -0.25) is 4.79 Å². The van der Waals surface area contributed by atoms with Gasteiger partial charge < -0.3 is 15.1 Å². The van der Waals surface area contributed by atoms with Crippen molar-refractivity contribution in [2.75, 3.05) is 24.7 Å². The first-order valence-electron chi connectivity index (χ1n) is 13.8. The van der Waals surface area contributed by atoms with E-state index in [1.54, 1.807) is 24.3 Å². The maximum atomic E-state index is 13.5. The maximum absolute atomic E-state index is 13.5. The normalized spacial score (nSPS) is 17.2. The second-order valence-electron chi connectivity index (χ2n) is 11.5. The van der Waals surface area contributed by atoms with E-state index in [0.29, 0.717) is 16.7 Å². The first kappa shape index (κ1) is 33.2. The van der Waals surface area contributed by atoms with Gasteiger partial charge in [-0.05, 0) is 60.9 Å². The number of amides is 1. The second-order valence-corrected chi connectivity index (χ2v) is 16.2. The fourth-order valence-corrected chi connectivity index (χ4v) is 7.76. The Labute approximate surface area is 263 Å². The SMILES string of the molecule is CN(C)S(=O)(=O)C(C)(C)c1nnc(-c2ccc3c(c2)N(Cc2ccc(-c4ccc(C(F)(F)F)cc4)cc2)C(=O)[C@@H](N)CS3(=O)=O)o1. The fourth-order valence-electron chi connectivity index (χ4n) is 4.99. The number of sulfone groups is 1. The molecular weight excluding hydrogens is 647 g/mol. The molecule has 1 aromatic heterocycles. The largest absolute Gasteiger partial charge is 0.419 e.